The van der Waals surface area contributed by atoms with Crippen LogP contribution in [0.2, 0.25) is 0 Å². The average molecular weight is 286 g/mol. The van der Waals surface area contributed by atoms with Crippen LogP contribution in [0.25, 0.3) is 6.08 Å². The summed E-state index contributed by atoms with van der Waals surface area (Å²) >= 11 is 0. The van der Waals surface area contributed by atoms with E-state index in [1.54, 1.807) is 32.2 Å². The Balaban J connectivity index is 2.37. The highest BCUT2D eigenvalue weighted by atomic mass is 19.1. The lowest BCUT2D eigenvalue weighted by Gasteiger charge is -2.09. The van der Waals surface area contributed by atoms with Gasteiger partial charge in [-0.15, -0.1) is 0 Å². The van der Waals surface area contributed by atoms with Crippen molar-refractivity contribution in [1.82, 2.24) is 9.97 Å². The molecule has 0 spiro atoms. The molecule has 0 saturated heterocycles. The Morgan fingerprint density at radius 2 is 2.00 bits per heavy atom. The number of halogens is 1. The third-order valence-electron chi connectivity index (χ3n) is 2.83. The third-order valence-corrected chi connectivity index (χ3v) is 2.83. The van der Waals surface area contributed by atoms with Gasteiger partial charge in [0.15, 0.2) is 23.1 Å². The molecule has 4 nitrogen and oxygen atoms in total. The van der Waals surface area contributed by atoms with Crippen molar-refractivity contribution >= 4 is 11.9 Å². The van der Waals surface area contributed by atoms with Crippen LogP contribution >= 0.6 is 0 Å². The van der Waals surface area contributed by atoms with Gasteiger partial charge in [-0.2, -0.15) is 0 Å². The van der Waals surface area contributed by atoms with E-state index in [2.05, 4.69) is 9.97 Å². The second kappa shape index (κ2) is 6.26. The molecule has 0 amide bonds. The van der Waals surface area contributed by atoms with Crippen molar-refractivity contribution in [2.24, 2.45) is 0 Å². The highest BCUT2D eigenvalue weighted by Crippen LogP contribution is 2.20. The van der Waals surface area contributed by atoms with Gasteiger partial charge in [0.1, 0.15) is 5.82 Å². The summed E-state index contributed by atoms with van der Waals surface area (Å²) in [4.78, 5) is 20.0. The molecule has 1 heterocycles. The summed E-state index contributed by atoms with van der Waals surface area (Å²) in [6.45, 7) is 4.95. The fraction of sp³-hybridized carbons (Fsp3) is 0.188. The molecule has 1 aromatic carbocycles. The van der Waals surface area contributed by atoms with Crippen LogP contribution in [0.4, 0.5) is 4.39 Å². The van der Waals surface area contributed by atoms with Crippen LogP contribution in [-0.4, -0.2) is 15.8 Å². The van der Waals surface area contributed by atoms with Gasteiger partial charge in [0.2, 0.25) is 0 Å². The lowest BCUT2D eigenvalue weighted by molar-refractivity contribution is -0.115. The number of rotatable bonds is 4. The van der Waals surface area contributed by atoms with Crippen molar-refractivity contribution in [1.29, 1.82) is 0 Å². The molecule has 0 radical (unpaired) electrons. The maximum absolute atomic E-state index is 13.6. The topological polar surface area (TPSA) is 52.1 Å². The largest absolute Gasteiger partial charge is 0.451 e. The van der Waals surface area contributed by atoms with Crippen LogP contribution in [-0.2, 0) is 4.79 Å². The number of para-hydroxylation sites is 1. The van der Waals surface area contributed by atoms with Gasteiger partial charge < -0.3 is 4.74 Å². The molecule has 2 rings (SSSR count). The summed E-state index contributed by atoms with van der Waals surface area (Å²) < 4.78 is 19.0. The Hall–Kier alpha value is -2.56. The van der Waals surface area contributed by atoms with E-state index in [4.69, 9.17) is 4.74 Å². The Bertz CT molecular complexity index is 711. The zero-order chi connectivity index (χ0) is 15.4. The van der Waals surface area contributed by atoms with Gasteiger partial charge in [0.05, 0.1) is 0 Å². The molecule has 0 bridgehead atoms. The van der Waals surface area contributed by atoms with Crippen LogP contribution in [0.3, 0.4) is 0 Å². The van der Waals surface area contributed by atoms with Crippen molar-refractivity contribution in [3.63, 3.8) is 0 Å². The third kappa shape index (κ3) is 3.72. The normalized spacial score (nSPS) is 11.3. The van der Waals surface area contributed by atoms with E-state index < -0.39 is 5.82 Å². The molecule has 21 heavy (non-hydrogen) atoms. The standard InChI is InChI=1S/C16H15FN2O2/c1-10-13(9-18-12(3)19-10)8-16(11(2)20)21-15-7-5-4-6-14(15)17/h4-9H,1-3H3/b16-8+. The first-order valence-corrected chi connectivity index (χ1v) is 6.42. The number of ketones is 1. The van der Waals surface area contributed by atoms with Gasteiger partial charge in [0, 0.05) is 24.4 Å². The van der Waals surface area contributed by atoms with Gasteiger partial charge in [-0.1, -0.05) is 12.1 Å². The van der Waals surface area contributed by atoms with Crippen molar-refractivity contribution in [3.05, 3.63) is 59.1 Å². The molecule has 2 aromatic rings. The second-order valence-corrected chi connectivity index (χ2v) is 4.56. The lowest BCUT2D eigenvalue weighted by atomic mass is 10.2. The predicted octanol–water partition coefficient (Wildman–Crippen LogP) is 3.24. The minimum Gasteiger partial charge on any atom is -0.451 e. The van der Waals surface area contributed by atoms with Crippen LogP contribution < -0.4 is 4.74 Å². The Kier molecular flexibility index (Phi) is 4.42. The van der Waals surface area contributed by atoms with E-state index in [0.29, 0.717) is 11.4 Å². The zero-order valence-electron chi connectivity index (χ0n) is 12.1. The molecule has 0 N–H and O–H groups in total. The first-order valence-electron chi connectivity index (χ1n) is 6.42. The number of carbonyl (C=O) groups excluding carboxylic acids is 1. The predicted molar refractivity (Wildman–Crippen MR) is 77.2 cm³/mol. The molecule has 1 aromatic heterocycles. The number of aryl methyl sites for hydroxylation is 2. The summed E-state index contributed by atoms with van der Waals surface area (Å²) in [7, 11) is 0. The van der Waals surface area contributed by atoms with E-state index >= 15 is 0 Å². The van der Waals surface area contributed by atoms with E-state index in [-0.39, 0.29) is 17.3 Å². The summed E-state index contributed by atoms with van der Waals surface area (Å²) in [5, 5.41) is 0. The molecule has 108 valence electrons. The highest BCUT2D eigenvalue weighted by molar-refractivity contribution is 5.96. The maximum Gasteiger partial charge on any atom is 0.194 e. The Morgan fingerprint density at radius 3 is 2.62 bits per heavy atom. The number of nitrogens with zero attached hydrogens (tertiary/aromatic N) is 2. The van der Waals surface area contributed by atoms with E-state index in [1.165, 1.54) is 25.1 Å². The minimum absolute atomic E-state index is 0.00429. The second-order valence-electron chi connectivity index (χ2n) is 4.56. The highest BCUT2D eigenvalue weighted by Gasteiger charge is 2.11. The fourth-order valence-electron chi connectivity index (χ4n) is 1.72. The Labute approximate surface area is 122 Å². The van der Waals surface area contributed by atoms with Gasteiger partial charge in [0.25, 0.3) is 0 Å². The van der Waals surface area contributed by atoms with Crippen LogP contribution in [0.1, 0.15) is 24.0 Å². The van der Waals surface area contributed by atoms with E-state index in [9.17, 15) is 9.18 Å². The lowest BCUT2D eigenvalue weighted by Crippen LogP contribution is -2.06. The molecule has 0 fully saturated rings. The van der Waals surface area contributed by atoms with Gasteiger partial charge >= 0.3 is 0 Å². The number of hydrogen-bond donors (Lipinski definition) is 0. The first-order chi connectivity index (χ1) is 9.97. The Morgan fingerprint density at radius 1 is 1.29 bits per heavy atom. The minimum atomic E-state index is -0.526. The number of carbonyl (C=O) groups is 1. The number of hydrogen-bond acceptors (Lipinski definition) is 4. The summed E-state index contributed by atoms with van der Waals surface area (Å²) in [6.07, 6.45) is 3.12. The van der Waals surface area contributed by atoms with Crippen molar-refractivity contribution in [2.45, 2.75) is 20.8 Å². The van der Waals surface area contributed by atoms with Gasteiger partial charge in [-0.3, -0.25) is 4.79 Å². The monoisotopic (exact) mass is 286 g/mol. The van der Waals surface area contributed by atoms with Gasteiger partial charge in [-0.25, -0.2) is 14.4 Å². The first kappa shape index (κ1) is 14.8. The van der Waals surface area contributed by atoms with Crippen molar-refractivity contribution in [2.75, 3.05) is 0 Å². The number of benzene rings is 1. The molecule has 5 heteroatoms. The van der Waals surface area contributed by atoms with E-state index in [1.807, 2.05) is 0 Å². The van der Waals surface area contributed by atoms with Crippen LogP contribution in [0, 0.1) is 19.7 Å². The molecular formula is C16H15FN2O2. The van der Waals surface area contributed by atoms with Crippen LogP contribution in [0.15, 0.2) is 36.2 Å². The van der Waals surface area contributed by atoms with Crippen LogP contribution in [0.5, 0.6) is 5.75 Å². The molecule has 0 aliphatic heterocycles. The van der Waals surface area contributed by atoms with E-state index in [0.717, 1.165) is 5.69 Å². The number of allylic oxidation sites excluding steroid dienone is 1. The van der Waals surface area contributed by atoms with Crippen molar-refractivity contribution in [3.8, 4) is 5.75 Å². The number of aromatic nitrogens is 2. The quantitative estimate of drug-likeness (QED) is 0.639. The smallest absolute Gasteiger partial charge is 0.194 e. The summed E-state index contributed by atoms with van der Waals surface area (Å²) in [5.41, 5.74) is 1.38. The molecule has 0 unspecified atom stereocenters. The van der Waals surface area contributed by atoms with Gasteiger partial charge in [-0.05, 0) is 32.1 Å². The zero-order valence-corrected chi connectivity index (χ0v) is 12.1. The SMILES string of the molecule is CC(=O)/C(=C\c1cnc(C)nc1C)Oc1ccccc1F. The fourth-order valence-corrected chi connectivity index (χ4v) is 1.72. The summed E-state index contributed by atoms with van der Waals surface area (Å²) in [6, 6.07) is 5.92. The maximum atomic E-state index is 13.6. The molecule has 0 aliphatic carbocycles. The van der Waals surface area contributed by atoms with Crippen molar-refractivity contribution < 1.29 is 13.9 Å². The number of Topliss-reactive ketones (excluding diaryl/α,β-unsaturated/α-hetero) is 1. The number of ether oxygens (including phenoxy) is 1. The molecule has 0 saturated carbocycles. The molecular weight excluding hydrogens is 271 g/mol. The molecule has 0 atom stereocenters. The molecule has 0 aliphatic rings. The summed E-state index contributed by atoms with van der Waals surface area (Å²) in [5.74, 6) is -0.149. The average Bonchev–Trinajstić information content (AvgIpc) is 2.42.